The fourth-order valence-corrected chi connectivity index (χ4v) is 10.2. The number of nitrogens with zero attached hydrogens (tertiary/aromatic N) is 1. The first-order valence-electron chi connectivity index (χ1n) is 11.5. The zero-order valence-electron chi connectivity index (χ0n) is 19.3. The van der Waals surface area contributed by atoms with Gasteiger partial charge in [-0.2, -0.15) is 5.26 Å². The largest absolute Gasteiger partial charge is 0.401 e. The lowest BCUT2D eigenvalue weighted by atomic mass is 9.78. The zero-order valence-corrected chi connectivity index (χ0v) is 20.3. The minimum Gasteiger partial charge on any atom is -0.401 e. The molecule has 1 heterocycles. The van der Waals surface area contributed by atoms with Crippen molar-refractivity contribution in [3.8, 4) is 6.07 Å². The normalized spacial score (nSPS) is 27.5. The van der Waals surface area contributed by atoms with Crippen LogP contribution in [0.15, 0.2) is 85.5 Å². The van der Waals surface area contributed by atoms with Gasteiger partial charge in [0.15, 0.2) is 6.10 Å². The molecule has 0 radical (unpaired) electrons. The van der Waals surface area contributed by atoms with Gasteiger partial charge in [-0.1, -0.05) is 99.7 Å². The summed E-state index contributed by atoms with van der Waals surface area (Å²) in [4.78, 5) is 0. The van der Waals surface area contributed by atoms with E-state index in [1.165, 1.54) is 10.4 Å². The highest BCUT2D eigenvalue weighted by molar-refractivity contribution is 6.99. The average Bonchev–Trinajstić information content (AvgIpc) is 3.15. The number of benzene rings is 2. The molecule has 4 heteroatoms. The molecule has 0 spiro atoms. The van der Waals surface area contributed by atoms with Crippen molar-refractivity contribution in [2.45, 2.75) is 57.0 Å². The zero-order chi connectivity index (χ0) is 22.8. The molecule has 1 unspecified atom stereocenters. The van der Waals surface area contributed by atoms with Crippen LogP contribution in [-0.2, 0) is 9.16 Å². The lowest BCUT2D eigenvalue weighted by Crippen LogP contribution is -2.67. The Morgan fingerprint density at radius 2 is 1.66 bits per heavy atom. The second-order valence-electron chi connectivity index (χ2n) is 9.93. The minimum absolute atomic E-state index is 0.0177. The summed E-state index contributed by atoms with van der Waals surface area (Å²) in [5.74, 6) is 0.398. The summed E-state index contributed by atoms with van der Waals surface area (Å²) in [5, 5.41) is 12.1. The van der Waals surface area contributed by atoms with E-state index in [1.54, 1.807) is 0 Å². The fourth-order valence-electron chi connectivity index (χ4n) is 5.52. The first-order valence-corrected chi connectivity index (χ1v) is 13.4. The van der Waals surface area contributed by atoms with Gasteiger partial charge in [-0.15, -0.1) is 6.58 Å². The van der Waals surface area contributed by atoms with Gasteiger partial charge >= 0.3 is 0 Å². The molecule has 0 amide bonds. The van der Waals surface area contributed by atoms with Gasteiger partial charge in [-0.05, 0) is 34.2 Å². The standard InChI is InChI=1S/C28H33NO2Si/c1-5-12-26-25-19-21(17-18-24(25)27(20-29)30-26)31-32(28(2,3)4,22-13-8-6-9-14-22)23-15-10-7-11-16-23/h5-11,13-18,21,24-27H,1,12,19H2,2-4H3/t21?,24-,25+,26-,27-/m1/s1. The van der Waals surface area contributed by atoms with Crippen LogP contribution in [0.5, 0.6) is 0 Å². The third-order valence-electron chi connectivity index (χ3n) is 6.97. The van der Waals surface area contributed by atoms with Gasteiger partial charge in [0.2, 0.25) is 0 Å². The number of hydrogen-bond donors (Lipinski definition) is 0. The molecule has 2 aliphatic rings. The third-order valence-corrected chi connectivity index (χ3v) is 12.0. The molecule has 32 heavy (non-hydrogen) atoms. The van der Waals surface area contributed by atoms with Crippen LogP contribution in [0.1, 0.15) is 33.6 Å². The van der Waals surface area contributed by atoms with Gasteiger partial charge in [-0.3, -0.25) is 0 Å². The molecule has 0 aromatic heterocycles. The molecule has 1 saturated heterocycles. The Morgan fingerprint density at radius 1 is 1.06 bits per heavy atom. The predicted molar refractivity (Wildman–Crippen MR) is 132 cm³/mol. The maximum Gasteiger partial charge on any atom is 0.261 e. The Hall–Kier alpha value is -2.45. The van der Waals surface area contributed by atoms with Crippen LogP contribution < -0.4 is 10.4 Å². The van der Waals surface area contributed by atoms with Crippen molar-refractivity contribution in [3.05, 3.63) is 85.5 Å². The van der Waals surface area contributed by atoms with Crippen molar-refractivity contribution in [1.82, 2.24) is 0 Å². The Morgan fingerprint density at radius 3 is 2.16 bits per heavy atom. The van der Waals surface area contributed by atoms with Crippen molar-refractivity contribution >= 4 is 18.7 Å². The molecule has 166 valence electrons. The van der Waals surface area contributed by atoms with E-state index in [1.807, 2.05) is 6.08 Å². The van der Waals surface area contributed by atoms with Crippen LogP contribution in [0.2, 0.25) is 5.04 Å². The van der Waals surface area contributed by atoms with Crippen LogP contribution in [0, 0.1) is 23.2 Å². The Kier molecular flexibility index (Phi) is 6.53. The third kappa shape index (κ3) is 4.01. The van der Waals surface area contributed by atoms with Crippen molar-refractivity contribution in [1.29, 1.82) is 5.26 Å². The highest BCUT2D eigenvalue weighted by atomic mass is 28.4. The van der Waals surface area contributed by atoms with E-state index in [2.05, 4.69) is 106 Å². The minimum atomic E-state index is -2.62. The lowest BCUT2D eigenvalue weighted by Gasteiger charge is -2.46. The number of fused-ring (bicyclic) bond motifs is 1. The molecule has 3 nitrogen and oxygen atoms in total. The Bertz CT molecular complexity index is 950. The molecule has 0 saturated carbocycles. The summed E-state index contributed by atoms with van der Waals surface area (Å²) < 4.78 is 13.4. The second-order valence-corrected chi connectivity index (χ2v) is 14.2. The van der Waals surface area contributed by atoms with Gasteiger partial charge in [0.25, 0.3) is 8.32 Å². The summed E-state index contributed by atoms with van der Waals surface area (Å²) in [5.41, 5.74) is 0. The summed E-state index contributed by atoms with van der Waals surface area (Å²) in [6.45, 7) is 10.8. The van der Waals surface area contributed by atoms with E-state index >= 15 is 0 Å². The van der Waals surface area contributed by atoms with Crippen molar-refractivity contribution in [2.24, 2.45) is 11.8 Å². The Labute approximate surface area is 193 Å². The van der Waals surface area contributed by atoms with E-state index < -0.39 is 8.32 Å². The van der Waals surface area contributed by atoms with Gasteiger partial charge in [-0.25, -0.2) is 0 Å². The van der Waals surface area contributed by atoms with Gasteiger partial charge < -0.3 is 9.16 Å². The van der Waals surface area contributed by atoms with E-state index in [-0.39, 0.29) is 35.2 Å². The smallest absolute Gasteiger partial charge is 0.261 e. The summed E-state index contributed by atoms with van der Waals surface area (Å²) in [6.07, 6.45) is 7.51. The maximum absolute atomic E-state index is 9.59. The van der Waals surface area contributed by atoms with Gasteiger partial charge in [0.1, 0.15) is 0 Å². The van der Waals surface area contributed by atoms with Crippen LogP contribution in [0.4, 0.5) is 0 Å². The SMILES string of the molecule is C=CC[C@H]1O[C@H](C#N)[C@@H]2C=CC(O[Si](c3ccccc3)(c3ccccc3)C(C)(C)C)C[C@@H]21. The Balaban J connectivity index is 1.75. The van der Waals surface area contributed by atoms with E-state index in [0.29, 0.717) is 0 Å². The molecule has 1 fully saturated rings. The fraction of sp³-hybridized carbons (Fsp3) is 0.393. The predicted octanol–water partition coefficient (Wildman–Crippen LogP) is 4.99. The molecule has 2 aromatic carbocycles. The number of ether oxygens (including phenoxy) is 1. The number of nitriles is 1. The highest BCUT2D eigenvalue weighted by Crippen LogP contribution is 2.44. The molecule has 5 atom stereocenters. The monoisotopic (exact) mass is 443 g/mol. The summed E-state index contributed by atoms with van der Waals surface area (Å²) in [6, 6.07) is 23.9. The molecule has 1 aliphatic heterocycles. The highest BCUT2D eigenvalue weighted by Gasteiger charge is 2.53. The molecule has 1 aliphatic carbocycles. The first-order chi connectivity index (χ1) is 15.4. The van der Waals surface area contributed by atoms with Crippen LogP contribution >= 0.6 is 0 Å². The molecule has 4 rings (SSSR count). The van der Waals surface area contributed by atoms with E-state index in [4.69, 9.17) is 9.16 Å². The lowest BCUT2D eigenvalue weighted by molar-refractivity contribution is 0.0550. The molecule has 0 bridgehead atoms. The molecule has 0 N–H and O–H groups in total. The van der Waals surface area contributed by atoms with Gasteiger partial charge in [0, 0.05) is 5.92 Å². The van der Waals surface area contributed by atoms with Crippen LogP contribution in [-0.4, -0.2) is 26.6 Å². The van der Waals surface area contributed by atoms with Gasteiger partial charge in [0.05, 0.1) is 18.3 Å². The van der Waals surface area contributed by atoms with Crippen molar-refractivity contribution < 1.29 is 9.16 Å². The summed E-state index contributed by atoms with van der Waals surface area (Å²) >= 11 is 0. The van der Waals surface area contributed by atoms with Crippen molar-refractivity contribution in [3.63, 3.8) is 0 Å². The van der Waals surface area contributed by atoms with Crippen LogP contribution in [0.25, 0.3) is 0 Å². The quantitative estimate of drug-likeness (QED) is 0.466. The molecular weight excluding hydrogens is 410 g/mol. The molecular formula is C28H33NO2Si. The molecule has 2 aromatic rings. The maximum atomic E-state index is 9.59. The number of hydrogen-bond acceptors (Lipinski definition) is 3. The summed E-state index contributed by atoms with van der Waals surface area (Å²) in [7, 11) is -2.62. The number of rotatable bonds is 6. The second kappa shape index (κ2) is 9.19. The van der Waals surface area contributed by atoms with E-state index in [9.17, 15) is 5.26 Å². The van der Waals surface area contributed by atoms with Crippen LogP contribution in [0.3, 0.4) is 0 Å². The average molecular weight is 444 g/mol. The van der Waals surface area contributed by atoms with Crippen molar-refractivity contribution in [2.75, 3.05) is 0 Å². The topological polar surface area (TPSA) is 42.2 Å². The van der Waals surface area contributed by atoms with E-state index in [0.717, 1.165) is 12.8 Å². The first kappa shape index (κ1) is 22.7.